The van der Waals surface area contributed by atoms with E-state index >= 15 is 0 Å². The van der Waals surface area contributed by atoms with Crippen molar-refractivity contribution < 1.29 is 9.53 Å². The van der Waals surface area contributed by atoms with E-state index in [1.165, 1.54) is 26.4 Å². The molecular weight excluding hydrogens is 242 g/mol. The summed E-state index contributed by atoms with van der Waals surface area (Å²) in [4.78, 5) is 11.3. The minimum atomic E-state index is -0.461. The highest BCUT2D eigenvalue weighted by Crippen LogP contribution is 2.36. The number of hydrogen-bond donors (Lipinski definition) is 1. The van der Waals surface area contributed by atoms with E-state index in [2.05, 4.69) is 34.1 Å². The first-order valence-corrected chi connectivity index (χ1v) is 6.71. The number of nitrogens with one attached hydrogen (secondary N) is 1. The zero-order chi connectivity index (χ0) is 13.9. The van der Waals surface area contributed by atoms with Crippen LogP contribution in [0.5, 0.6) is 0 Å². The number of nitrogens with zero attached hydrogens (tertiary/aromatic N) is 2. The molecule has 1 heterocycles. The van der Waals surface area contributed by atoms with Gasteiger partial charge in [0.05, 0.1) is 7.11 Å². The first-order chi connectivity index (χ1) is 9.03. The van der Waals surface area contributed by atoms with Gasteiger partial charge in [-0.1, -0.05) is 26.7 Å². The fraction of sp³-hybridized carbons (Fsp3) is 0.643. The van der Waals surface area contributed by atoms with E-state index < -0.39 is 5.97 Å². The molecule has 1 saturated carbocycles. The van der Waals surface area contributed by atoms with Gasteiger partial charge in [-0.3, -0.25) is 0 Å². The minimum Gasteiger partial charge on any atom is -0.464 e. The van der Waals surface area contributed by atoms with Crippen molar-refractivity contribution in [3.8, 4) is 0 Å². The maximum absolute atomic E-state index is 11.3. The van der Waals surface area contributed by atoms with Crippen LogP contribution in [0.1, 0.15) is 50.0 Å². The van der Waals surface area contributed by atoms with Crippen LogP contribution in [0, 0.1) is 5.41 Å². The number of ether oxygens (including phenoxy) is 1. The Bertz CT molecular complexity index is 443. The van der Waals surface area contributed by atoms with Gasteiger partial charge in [0.25, 0.3) is 0 Å². The van der Waals surface area contributed by atoms with Crippen LogP contribution >= 0.6 is 0 Å². The highest BCUT2D eigenvalue weighted by molar-refractivity contribution is 5.86. The van der Waals surface area contributed by atoms with Gasteiger partial charge >= 0.3 is 5.97 Å². The molecule has 0 aromatic carbocycles. The molecule has 104 valence electrons. The SMILES string of the molecule is COC(=O)c1ccc(NC2CCCCC2(C)C)nn1. The zero-order valence-electron chi connectivity index (χ0n) is 11.8. The summed E-state index contributed by atoms with van der Waals surface area (Å²) in [5, 5.41) is 11.4. The van der Waals surface area contributed by atoms with E-state index in [-0.39, 0.29) is 11.1 Å². The number of carbonyl (C=O) groups excluding carboxylic acids is 1. The molecular formula is C14H21N3O2. The van der Waals surface area contributed by atoms with Crippen molar-refractivity contribution in [1.29, 1.82) is 0 Å². The van der Waals surface area contributed by atoms with Crippen molar-refractivity contribution in [3.63, 3.8) is 0 Å². The third kappa shape index (κ3) is 3.22. The fourth-order valence-electron chi connectivity index (χ4n) is 2.56. The largest absolute Gasteiger partial charge is 0.464 e. The van der Waals surface area contributed by atoms with Gasteiger partial charge in [-0.25, -0.2) is 4.79 Å². The smallest absolute Gasteiger partial charge is 0.358 e. The lowest BCUT2D eigenvalue weighted by Crippen LogP contribution is -2.39. The van der Waals surface area contributed by atoms with E-state index in [1.807, 2.05) is 0 Å². The summed E-state index contributed by atoms with van der Waals surface area (Å²) in [6.07, 6.45) is 4.90. The summed E-state index contributed by atoms with van der Waals surface area (Å²) in [5.41, 5.74) is 0.497. The van der Waals surface area contributed by atoms with Crippen LogP contribution in [-0.4, -0.2) is 29.3 Å². The van der Waals surface area contributed by atoms with Crippen molar-refractivity contribution in [2.45, 2.75) is 45.6 Å². The molecule has 0 amide bonds. The van der Waals surface area contributed by atoms with Gasteiger partial charge in [0, 0.05) is 6.04 Å². The Hall–Kier alpha value is -1.65. The maximum atomic E-state index is 11.3. The average Bonchev–Trinajstić information content (AvgIpc) is 2.41. The number of anilines is 1. The Labute approximate surface area is 113 Å². The number of carbonyl (C=O) groups is 1. The van der Waals surface area contributed by atoms with Crippen molar-refractivity contribution in [1.82, 2.24) is 10.2 Å². The predicted molar refractivity (Wildman–Crippen MR) is 73.0 cm³/mol. The molecule has 5 nitrogen and oxygen atoms in total. The Morgan fingerprint density at radius 3 is 2.74 bits per heavy atom. The lowest BCUT2D eigenvalue weighted by Gasteiger charge is -2.39. The molecule has 1 aromatic heterocycles. The predicted octanol–water partition coefficient (Wildman–Crippen LogP) is 2.64. The zero-order valence-corrected chi connectivity index (χ0v) is 11.8. The molecule has 1 atom stereocenters. The van der Waals surface area contributed by atoms with Crippen LogP contribution in [0.25, 0.3) is 0 Å². The van der Waals surface area contributed by atoms with Gasteiger partial charge < -0.3 is 10.1 Å². The molecule has 19 heavy (non-hydrogen) atoms. The molecule has 2 rings (SSSR count). The standard InChI is InChI=1S/C14H21N3O2/c1-14(2)9-5-4-6-11(14)15-12-8-7-10(16-17-12)13(18)19-3/h7-8,11H,4-6,9H2,1-3H3,(H,15,17). The monoisotopic (exact) mass is 263 g/mol. The lowest BCUT2D eigenvalue weighted by atomic mass is 9.73. The van der Waals surface area contributed by atoms with Gasteiger partial charge in [-0.2, -0.15) is 0 Å². The molecule has 0 radical (unpaired) electrons. The molecule has 1 unspecified atom stereocenters. The molecule has 0 saturated heterocycles. The molecule has 1 aromatic rings. The number of methoxy groups -OCH3 is 1. The molecule has 0 spiro atoms. The molecule has 1 N–H and O–H groups in total. The Morgan fingerprint density at radius 2 is 2.16 bits per heavy atom. The summed E-state index contributed by atoms with van der Waals surface area (Å²) in [5.74, 6) is 0.254. The second kappa shape index (κ2) is 5.55. The van der Waals surface area contributed by atoms with Crippen LogP contribution in [0.4, 0.5) is 5.82 Å². The third-order valence-corrected chi connectivity index (χ3v) is 3.89. The van der Waals surface area contributed by atoms with Crippen LogP contribution in [0.3, 0.4) is 0 Å². The van der Waals surface area contributed by atoms with E-state index in [4.69, 9.17) is 0 Å². The normalized spacial score (nSPS) is 21.7. The summed E-state index contributed by atoms with van der Waals surface area (Å²) >= 11 is 0. The first-order valence-electron chi connectivity index (χ1n) is 6.71. The third-order valence-electron chi connectivity index (χ3n) is 3.89. The molecule has 1 aliphatic rings. The fourth-order valence-corrected chi connectivity index (χ4v) is 2.56. The highest BCUT2D eigenvalue weighted by Gasteiger charge is 2.32. The van der Waals surface area contributed by atoms with Crippen LogP contribution in [-0.2, 0) is 4.74 Å². The van der Waals surface area contributed by atoms with Crippen LogP contribution < -0.4 is 5.32 Å². The molecule has 0 bridgehead atoms. The number of hydrogen-bond acceptors (Lipinski definition) is 5. The number of esters is 1. The molecule has 0 aliphatic heterocycles. The quantitative estimate of drug-likeness (QED) is 0.849. The molecule has 5 heteroatoms. The van der Waals surface area contributed by atoms with E-state index in [1.54, 1.807) is 12.1 Å². The molecule has 1 fully saturated rings. The van der Waals surface area contributed by atoms with Crippen molar-refractivity contribution in [2.75, 3.05) is 12.4 Å². The Balaban J connectivity index is 2.05. The number of aromatic nitrogens is 2. The Morgan fingerprint density at radius 1 is 1.37 bits per heavy atom. The van der Waals surface area contributed by atoms with Gasteiger partial charge in [0.1, 0.15) is 5.82 Å². The maximum Gasteiger partial charge on any atom is 0.358 e. The summed E-state index contributed by atoms with van der Waals surface area (Å²) < 4.78 is 4.60. The highest BCUT2D eigenvalue weighted by atomic mass is 16.5. The lowest BCUT2D eigenvalue weighted by molar-refractivity contribution is 0.0592. The van der Waals surface area contributed by atoms with Crippen molar-refractivity contribution in [2.24, 2.45) is 5.41 Å². The van der Waals surface area contributed by atoms with Crippen LogP contribution in [0.15, 0.2) is 12.1 Å². The van der Waals surface area contributed by atoms with Gasteiger partial charge in [-0.15, -0.1) is 10.2 Å². The topological polar surface area (TPSA) is 64.1 Å². The van der Waals surface area contributed by atoms with Crippen molar-refractivity contribution in [3.05, 3.63) is 17.8 Å². The second-order valence-electron chi connectivity index (χ2n) is 5.73. The summed E-state index contributed by atoms with van der Waals surface area (Å²) in [6, 6.07) is 3.82. The Kier molecular flexibility index (Phi) is 4.02. The van der Waals surface area contributed by atoms with Gasteiger partial charge in [-0.05, 0) is 30.4 Å². The van der Waals surface area contributed by atoms with Gasteiger partial charge in [0.15, 0.2) is 5.69 Å². The number of rotatable bonds is 3. The molecule has 1 aliphatic carbocycles. The van der Waals surface area contributed by atoms with E-state index in [9.17, 15) is 4.79 Å². The van der Waals surface area contributed by atoms with E-state index in [0.29, 0.717) is 11.9 Å². The summed E-state index contributed by atoms with van der Waals surface area (Å²) in [7, 11) is 1.33. The van der Waals surface area contributed by atoms with Crippen molar-refractivity contribution >= 4 is 11.8 Å². The second-order valence-corrected chi connectivity index (χ2v) is 5.73. The van der Waals surface area contributed by atoms with Gasteiger partial charge in [0.2, 0.25) is 0 Å². The van der Waals surface area contributed by atoms with Crippen LogP contribution in [0.2, 0.25) is 0 Å². The minimum absolute atomic E-state index is 0.232. The average molecular weight is 263 g/mol. The summed E-state index contributed by atoms with van der Waals surface area (Å²) in [6.45, 7) is 4.56. The first kappa shape index (κ1) is 13.8. The van der Waals surface area contributed by atoms with E-state index in [0.717, 1.165) is 6.42 Å².